The zero-order valence-electron chi connectivity index (χ0n) is 50.5. The summed E-state index contributed by atoms with van der Waals surface area (Å²) in [4.78, 5) is 29.3. The van der Waals surface area contributed by atoms with E-state index in [1.807, 2.05) is 6.92 Å². The molecule has 10 rings (SSSR count). The van der Waals surface area contributed by atoms with E-state index < -0.39 is 230 Å². The summed E-state index contributed by atoms with van der Waals surface area (Å²) in [6.45, 7) is 10.2. The van der Waals surface area contributed by atoms with Crippen molar-refractivity contribution in [2.24, 2.45) is 50.2 Å². The number of carboxylic acid groups (broad SMARTS) is 1. The molecule has 0 aromatic rings. The van der Waals surface area contributed by atoms with Crippen LogP contribution in [0.5, 0.6) is 0 Å². The van der Waals surface area contributed by atoms with Gasteiger partial charge in [-0.15, -0.1) is 0 Å². The highest BCUT2D eigenvalue weighted by Crippen LogP contribution is 2.76. The summed E-state index contributed by atoms with van der Waals surface area (Å²) >= 11 is 0. The van der Waals surface area contributed by atoms with Crippen LogP contribution in [0.3, 0.4) is 0 Å². The zero-order chi connectivity index (χ0) is 64.4. The summed E-state index contributed by atoms with van der Waals surface area (Å²) in [7, 11) is 0. The topological polar surface area (TPSA) is 470 Å². The first kappa shape index (κ1) is 68.5. The van der Waals surface area contributed by atoms with Gasteiger partial charge in [0, 0.05) is 5.41 Å². The maximum Gasteiger partial charge on any atom is 0.315 e. The fourth-order valence-corrected chi connectivity index (χ4v) is 17.8. The van der Waals surface area contributed by atoms with Crippen molar-refractivity contribution in [3.05, 3.63) is 11.6 Å². The number of carboxylic acids is 1. The second-order valence-corrected chi connectivity index (χ2v) is 28.4. The quantitative estimate of drug-likeness (QED) is 0.0443. The fourth-order valence-electron chi connectivity index (χ4n) is 17.8. The van der Waals surface area contributed by atoms with E-state index in [1.54, 1.807) is 0 Å². The highest BCUT2D eigenvalue weighted by Gasteiger charge is 2.74. The number of aliphatic carboxylic acids is 1. The molecule has 17 N–H and O–H groups in total. The van der Waals surface area contributed by atoms with Crippen molar-refractivity contribution in [1.29, 1.82) is 0 Å². The third-order valence-corrected chi connectivity index (χ3v) is 23.1. The standard InChI is InChI=1S/C59H94O29/c1-22-32(64)38(70)45(86-48-43(75)39(71)44(23(2)81-48)85-47-40(72)35(67)29(20-79-47)84-49-41(73)36(68)33(65)27(18-60)82-49)51(80-22)88-53(78)58-13-12-54(3,4)16-25(58)24-8-9-30-55(5)17-26(63)46(87-50-42(74)37(69)34(66)28(19-61)83-50)57(7,52(76)77)31(55)10-11-56(30,6)59(24,21-62)15-14-58/h8,22-23,25-51,60-75H,9-21H2,1-7H3,(H,76,77). The van der Waals surface area contributed by atoms with Gasteiger partial charge >= 0.3 is 11.9 Å². The van der Waals surface area contributed by atoms with Crippen molar-refractivity contribution in [3.63, 3.8) is 0 Å². The minimum atomic E-state index is -2.00. The van der Waals surface area contributed by atoms with E-state index in [0.29, 0.717) is 38.5 Å². The lowest BCUT2D eigenvalue weighted by atomic mass is 9.33. The molecule has 34 unspecified atom stereocenters. The van der Waals surface area contributed by atoms with Gasteiger partial charge in [-0.3, -0.25) is 9.59 Å². The van der Waals surface area contributed by atoms with Crippen LogP contribution in [0.2, 0.25) is 0 Å². The number of carbonyl (C=O) groups is 2. The molecule has 5 aliphatic carbocycles. The predicted octanol–water partition coefficient (Wildman–Crippen LogP) is -4.51. The van der Waals surface area contributed by atoms with Crippen molar-refractivity contribution in [2.45, 2.75) is 266 Å². The molecule has 0 amide bonds. The van der Waals surface area contributed by atoms with Gasteiger partial charge in [0.2, 0.25) is 6.29 Å². The van der Waals surface area contributed by atoms with E-state index in [-0.39, 0.29) is 37.2 Å². The Morgan fingerprint density at radius 1 is 0.557 bits per heavy atom. The molecule has 0 spiro atoms. The number of allylic oxidation sites excluding steroid dienone is 1. The van der Waals surface area contributed by atoms with E-state index >= 15 is 4.79 Å². The molecule has 9 fully saturated rings. The average Bonchev–Trinajstić information content (AvgIpc) is 0.673. The SMILES string of the molecule is CC1OC(OC(=O)C23CCC(C)(C)CC2C2=CCC4C5(C)CC(O)C(OC6OC(CO)C(O)C(O)C6O)C(C)(C(=O)O)C5CCC4(C)C2(CO)CC3)C(OC2OC(C)C(OC3OCC(OC4OC(CO)C(O)C(O)C4O)C(O)C3O)C(O)C2O)C(O)C1O. The van der Waals surface area contributed by atoms with E-state index in [0.717, 1.165) is 5.57 Å². The van der Waals surface area contributed by atoms with Crippen LogP contribution in [0.1, 0.15) is 106 Å². The maximum atomic E-state index is 15.5. The smallest absolute Gasteiger partial charge is 0.315 e. The number of hydrogen-bond acceptors (Lipinski definition) is 28. The number of rotatable bonds is 14. The molecule has 0 radical (unpaired) electrons. The Hall–Kier alpha value is -2.32. The minimum absolute atomic E-state index is 0.0295. The second kappa shape index (κ2) is 25.1. The van der Waals surface area contributed by atoms with Crippen LogP contribution >= 0.6 is 0 Å². The molecule has 88 heavy (non-hydrogen) atoms. The van der Waals surface area contributed by atoms with Crippen LogP contribution in [0, 0.1) is 50.2 Å². The summed E-state index contributed by atoms with van der Waals surface area (Å²) in [6, 6.07) is 0. The molecule has 504 valence electrons. The number of ether oxygens (including phenoxy) is 10. The normalized spacial score (nSPS) is 54.6. The summed E-state index contributed by atoms with van der Waals surface area (Å²) in [5.41, 5.74) is -5.19. The Balaban J connectivity index is 0.855. The third-order valence-electron chi connectivity index (χ3n) is 23.1. The predicted molar refractivity (Wildman–Crippen MR) is 291 cm³/mol. The van der Waals surface area contributed by atoms with Crippen LogP contribution in [0.25, 0.3) is 0 Å². The van der Waals surface area contributed by atoms with Crippen LogP contribution in [-0.2, 0) is 57.0 Å². The van der Waals surface area contributed by atoms with Gasteiger partial charge in [-0.1, -0.05) is 39.3 Å². The molecule has 34 atom stereocenters. The van der Waals surface area contributed by atoms with Crippen molar-refractivity contribution in [2.75, 3.05) is 26.4 Å². The number of aliphatic hydroxyl groups excluding tert-OH is 16. The maximum absolute atomic E-state index is 15.5. The Morgan fingerprint density at radius 3 is 1.70 bits per heavy atom. The first-order valence-electron chi connectivity index (χ1n) is 30.9. The van der Waals surface area contributed by atoms with Gasteiger partial charge in [0.15, 0.2) is 31.3 Å². The van der Waals surface area contributed by atoms with Crippen molar-refractivity contribution in [1.82, 2.24) is 0 Å². The van der Waals surface area contributed by atoms with Gasteiger partial charge < -0.3 is 134 Å². The van der Waals surface area contributed by atoms with Crippen LogP contribution < -0.4 is 0 Å². The Bertz CT molecular complexity index is 2510. The minimum Gasteiger partial charge on any atom is -0.481 e. The molecule has 0 aromatic heterocycles. The number of carbonyl (C=O) groups excluding carboxylic acids is 1. The fraction of sp³-hybridized carbons (Fsp3) is 0.932. The number of fused-ring (bicyclic) bond motifs is 7. The Labute approximate surface area is 508 Å². The molecule has 29 nitrogen and oxygen atoms in total. The van der Waals surface area contributed by atoms with Crippen LogP contribution in [0.4, 0.5) is 0 Å². The monoisotopic (exact) mass is 1270 g/mol. The number of esters is 1. The Kier molecular flexibility index (Phi) is 19.6. The molecule has 0 bridgehead atoms. The summed E-state index contributed by atoms with van der Waals surface area (Å²) < 4.78 is 58.9. The lowest BCUT2D eigenvalue weighted by molar-refractivity contribution is -0.378. The molecule has 29 heteroatoms. The molecule has 4 saturated carbocycles. The van der Waals surface area contributed by atoms with Gasteiger partial charge in [0.25, 0.3) is 0 Å². The molecule has 5 aliphatic heterocycles. The second-order valence-electron chi connectivity index (χ2n) is 28.4. The summed E-state index contributed by atoms with van der Waals surface area (Å²) in [6.07, 6.45) is -38.0. The molecule has 5 heterocycles. The lowest BCUT2D eigenvalue weighted by Gasteiger charge is -2.71. The van der Waals surface area contributed by atoms with Crippen molar-refractivity contribution in [3.8, 4) is 0 Å². The first-order chi connectivity index (χ1) is 41.2. The summed E-state index contributed by atoms with van der Waals surface area (Å²) in [5, 5.41) is 186. The largest absolute Gasteiger partial charge is 0.481 e. The zero-order valence-corrected chi connectivity index (χ0v) is 50.5. The molecule has 0 aromatic carbocycles. The van der Waals surface area contributed by atoms with E-state index in [2.05, 4.69) is 26.8 Å². The van der Waals surface area contributed by atoms with Gasteiger partial charge in [-0.05, 0) is 113 Å². The molecule has 5 saturated heterocycles. The van der Waals surface area contributed by atoms with E-state index in [9.17, 15) is 91.6 Å². The highest BCUT2D eigenvalue weighted by atomic mass is 16.8. The van der Waals surface area contributed by atoms with Gasteiger partial charge in [0.05, 0.1) is 55.6 Å². The highest BCUT2D eigenvalue weighted by molar-refractivity contribution is 5.79. The molecular weight excluding hydrogens is 1170 g/mol. The molecule has 10 aliphatic rings. The number of aliphatic hydroxyl groups is 16. The first-order valence-corrected chi connectivity index (χ1v) is 30.9. The summed E-state index contributed by atoms with van der Waals surface area (Å²) in [5.74, 6) is -3.54. The molecular formula is C59H94O29. The van der Waals surface area contributed by atoms with E-state index in [4.69, 9.17) is 47.4 Å². The third kappa shape index (κ3) is 11.0. The van der Waals surface area contributed by atoms with Gasteiger partial charge in [-0.25, -0.2) is 0 Å². The van der Waals surface area contributed by atoms with Crippen molar-refractivity contribution >= 4 is 11.9 Å². The van der Waals surface area contributed by atoms with Gasteiger partial charge in [-0.2, -0.15) is 0 Å². The van der Waals surface area contributed by atoms with Gasteiger partial charge in [0.1, 0.15) is 104 Å². The lowest BCUT2D eigenvalue weighted by Crippen LogP contribution is -2.71. The van der Waals surface area contributed by atoms with Crippen molar-refractivity contribution < 1.29 is 144 Å². The van der Waals surface area contributed by atoms with Crippen LogP contribution in [-0.4, -0.2) is 285 Å². The van der Waals surface area contributed by atoms with Crippen LogP contribution in [0.15, 0.2) is 11.6 Å². The van der Waals surface area contributed by atoms with E-state index in [1.165, 1.54) is 20.8 Å². The average molecular weight is 1270 g/mol. The Morgan fingerprint density at radius 2 is 1.10 bits per heavy atom. The number of hydrogen-bond donors (Lipinski definition) is 17.